The quantitative estimate of drug-likeness (QED) is 0.209. The molecule has 3 aromatic carbocycles. The summed E-state index contributed by atoms with van der Waals surface area (Å²) in [5.41, 5.74) is 4.75. The smallest absolute Gasteiger partial charge is 0.258 e. The number of anilines is 1. The van der Waals surface area contributed by atoms with Crippen LogP contribution in [-0.4, -0.2) is 26.0 Å². The van der Waals surface area contributed by atoms with Gasteiger partial charge in [0.15, 0.2) is 5.11 Å². The van der Waals surface area contributed by atoms with Gasteiger partial charge in [-0.1, -0.05) is 37.1 Å². The van der Waals surface area contributed by atoms with E-state index < -0.39 is 0 Å². The number of hydrogen-bond acceptors (Lipinski definition) is 4. The highest BCUT2D eigenvalue weighted by molar-refractivity contribution is 14.1. The predicted molar refractivity (Wildman–Crippen MR) is 145 cm³/mol. The van der Waals surface area contributed by atoms with E-state index >= 15 is 0 Å². The second-order valence-electron chi connectivity index (χ2n) is 7.50. The number of thiocarbonyl (C=S) groups is 1. The van der Waals surface area contributed by atoms with Gasteiger partial charge >= 0.3 is 0 Å². The summed E-state index contributed by atoms with van der Waals surface area (Å²) < 4.78 is 0.908. The summed E-state index contributed by atoms with van der Waals surface area (Å²) in [5.74, 6) is -0.370. The highest BCUT2D eigenvalue weighted by Crippen LogP contribution is 2.20. The van der Waals surface area contributed by atoms with Crippen molar-refractivity contribution in [1.82, 2.24) is 20.3 Å². The number of rotatable bonds is 6. The number of unbranched alkanes of at least 4 members (excludes halogenated alkanes) is 1. The molecular weight excluding hydrogens is 569 g/mol. The number of benzene rings is 3. The van der Waals surface area contributed by atoms with Gasteiger partial charge in [0, 0.05) is 9.26 Å². The number of hydrogen-bond donors (Lipinski definition) is 2. The van der Waals surface area contributed by atoms with E-state index in [1.54, 1.807) is 16.9 Å². The normalized spacial score (nSPS) is 10.9. The molecule has 0 spiro atoms. The Bertz CT molecular complexity index is 1320. The Kier molecular flexibility index (Phi) is 7.56. The third-order valence-corrected chi connectivity index (χ3v) is 6.23. The molecule has 6 nitrogen and oxygen atoms in total. The molecule has 1 aromatic heterocycles. The van der Waals surface area contributed by atoms with Crippen molar-refractivity contribution in [1.29, 1.82) is 0 Å². The van der Waals surface area contributed by atoms with Crippen LogP contribution in [0.4, 0.5) is 5.69 Å². The van der Waals surface area contributed by atoms with E-state index in [0.29, 0.717) is 21.8 Å². The molecule has 0 saturated carbocycles. The summed E-state index contributed by atoms with van der Waals surface area (Å²) in [6, 6.07) is 19.1. The Morgan fingerprint density at radius 2 is 1.82 bits per heavy atom. The lowest BCUT2D eigenvalue weighted by Crippen LogP contribution is -2.34. The van der Waals surface area contributed by atoms with E-state index in [1.807, 2.05) is 36.4 Å². The summed E-state index contributed by atoms with van der Waals surface area (Å²) >= 11 is 13.6. The van der Waals surface area contributed by atoms with Crippen molar-refractivity contribution in [2.24, 2.45) is 0 Å². The maximum absolute atomic E-state index is 12.5. The van der Waals surface area contributed by atoms with E-state index in [4.69, 9.17) is 23.8 Å². The van der Waals surface area contributed by atoms with Gasteiger partial charge in [-0.3, -0.25) is 10.1 Å². The number of nitrogens with zero attached hydrogens (tertiary/aromatic N) is 3. The Morgan fingerprint density at radius 3 is 2.58 bits per heavy atom. The molecule has 0 unspecified atom stereocenters. The number of carbonyl (C=O) groups excluding carboxylic acids is 1. The zero-order chi connectivity index (χ0) is 23.4. The Hall–Kier alpha value is -2.56. The highest BCUT2D eigenvalue weighted by atomic mass is 127. The summed E-state index contributed by atoms with van der Waals surface area (Å²) in [4.78, 5) is 14.1. The number of aryl methyl sites for hydroxylation is 1. The van der Waals surface area contributed by atoms with Gasteiger partial charge in [-0.25, -0.2) is 0 Å². The molecule has 0 fully saturated rings. The molecule has 0 bridgehead atoms. The zero-order valence-electron chi connectivity index (χ0n) is 17.8. The molecule has 0 radical (unpaired) electrons. The third kappa shape index (κ3) is 5.87. The molecule has 0 aliphatic heterocycles. The molecule has 1 heterocycles. The number of carbonyl (C=O) groups is 1. The molecule has 9 heteroatoms. The van der Waals surface area contributed by atoms with Gasteiger partial charge in [-0.15, -0.1) is 10.2 Å². The van der Waals surface area contributed by atoms with Gasteiger partial charge in [0.2, 0.25) is 0 Å². The van der Waals surface area contributed by atoms with Crippen LogP contribution >= 0.6 is 46.4 Å². The highest BCUT2D eigenvalue weighted by Gasteiger charge is 2.13. The molecule has 2 N–H and O–H groups in total. The van der Waals surface area contributed by atoms with E-state index in [2.05, 4.69) is 62.5 Å². The fourth-order valence-electron chi connectivity index (χ4n) is 3.29. The van der Waals surface area contributed by atoms with Crippen molar-refractivity contribution < 1.29 is 4.79 Å². The number of amides is 1. The predicted octanol–water partition coefficient (Wildman–Crippen LogP) is 6.15. The summed E-state index contributed by atoms with van der Waals surface area (Å²) in [6.07, 6.45) is 3.43. The fraction of sp³-hybridized carbons (Fsp3) is 0.167. The summed E-state index contributed by atoms with van der Waals surface area (Å²) in [5, 5.41) is 15.4. The van der Waals surface area contributed by atoms with Crippen molar-refractivity contribution in [2.75, 3.05) is 5.32 Å². The maximum atomic E-state index is 12.5. The number of fused-ring (bicyclic) bond motifs is 1. The van der Waals surface area contributed by atoms with Crippen LogP contribution in [-0.2, 0) is 6.42 Å². The van der Waals surface area contributed by atoms with Crippen molar-refractivity contribution >= 4 is 74.2 Å². The van der Waals surface area contributed by atoms with Crippen LogP contribution in [0.15, 0.2) is 60.7 Å². The summed E-state index contributed by atoms with van der Waals surface area (Å²) in [7, 11) is 0. The SMILES string of the molecule is CCCCc1ccc(-n2nc3ccc(NC(=S)NC(=O)c4cc(I)ccc4Cl)cc3n2)cc1. The summed E-state index contributed by atoms with van der Waals surface area (Å²) in [6.45, 7) is 2.19. The molecule has 1 amide bonds. The second-order valence-corrected chi connectivity index (χ2v) is 9.56. The minimum Gasteiger partial charge on any atom is -0.332 e. The Labute approximate surface area is 215 Å². The van der Waals surface area contributed by atoms with Crippen molar-refractivity contribution in [2.45, 2.75) is 26.2 Å². The van der Waals surface area contributed by atoms with Crippen LogP contribution in [0.2, 0.25) is 5.02 Å². The van der Waals surface area contributed by atoms with Crippen LogP contribution in [0.3, 0.4) is 0 Å². The van der Waals surface area contributed by atoms with Gasteiger partial charge in [-0.2, -0.15) is 4.80 Å². The van der Waals surface area contributed by atoms with Crippen LogP contribution < -0.4 is 10.6 Å². The molecular formula is C24H21ClIN5OS. The van der Waals surface area contributed by atoms with Crippen LogP contribution in [0, 0.1) is 3.57 Å². The van der Waals surface area contributed by atoms with Gasteiger partial charge in [-0.05, 0) is 102 Å². The minimum absolute atomic E-state index is 0.171. The number of nitrogens with one attached hydrogen (secondary N) is 2. The largest absolute Gasteiger partial charge is 0.332 e. The Balaban J connectivity index is 1.45. The van der Waals surface area contributed by atoms with Crippen molar-refractivity contribution in [3.8, 4) is 5.69 Å². The average molecular weight is 590 g/mol. The lowest BCUT2D eigenvalue weighted by molar-refractivity contribution is 0.0978. The second kappa shape index (κ2) is 10.6. The standard InChI is InChI=1S/C24H21ClIN5OS/c1-2-3-4-15-5-9-18(10-6-15)31-29-21-12-8-17(14-22(21)30-31)27-24(33)28-23(32)19-13-16(26)7-11-20(19)25/h5-14H,2-4H2,1H3,(H2,27,28,32,33). The van der Waals surface area contributed by atoms with Gasteiger partial charge in [0.1, 0.15) is 11.0 Å². The van der Waals surface area contributed by atoms with Gasteiger partial charge < -0.3 is 5.32 Å². The van der Waals surface area contributed by atoms with E-state index in [9.17, 15) is 4.79 Å². The molecule has 0 aliphatic rings. The van der Waals surface area contributed by atoms with E-state index in [1.165, 1.54) is 18.4 Å². The molecule has 0 atom stereocenters. The van der Waals surface area contributed by atoms with Gasteiger partial charge in [0.25, 0.3) is 5.91 Å². The number of aromatic nitrogens is 3. The Morgan fingerprint density at radius 1 is 1.06 bits per heavy atom. The molecule has 0 aliphatic carbocycles. The van der Waals surface area contributed by atoms with Crippen LogP contribution in [0.5, 0.6) is 0 Å². The maximum Gasteiger partial charge on any atom is 0.258 e. The molecule has 168 valence electrons. The topological polar surface area (TPSA) is 71.8 Å². The van der Waals surface area contributed by atoms with Crippen LogP contribution in [0.1, 0.15) is 35.7 Å². The lowest BCUT2D eigenvalue weighted by Gasteiger charge is -2.10. The molecule has 0 saturated heterocycles. The van der Waals surface area contributed by atoms with E-state index in [0.717, 1.165) is 21.2 Å². The monoisotopic (exact) mass is 589 g/mol. The zero-order valence-corrected chi connectivity index (χ0v) is 21.5. The first-order chi connectivity index (χ1) is 15.9. The molecule has 4 aromatic rings. The van der Waals surface area contributed by atoms with Crippen molar-refractivity contribution in [3.05, 3.63) is 80.4 Å². The first-order valence-corrected chi connectivity index (χ1v) is 12.3. The average Bonchev–Trinajstić information content (AvgIpc) is 3.23. The number of halogens is 2. The molecule has 33 heavy (non-hydrogen) atoms. The first kappa shape index (κ1) is 23.6. The van der Waals surface area contributed by atoms with Crippen LogP contribution in [0.25, 0.3) is 16.7 Å². The van der Waals surface area contributed by atoms with Crippen molar-refractivity contribution in [3.63, 3.8) is 0 Å². The first-order valence-electron chi connectivity index (χ1n) is 10.5. The third-order valence-electron chi connectivity index (χ3n) is 5.02. The molecule has 4 rings (SSSR count). The fourth-order valence-corrected chi connectivity index (χ4v) is 4.19. The lowest BCUT2D eigenvalue weighted by atomic mass is 10.1. The van der Waals surface area contributed by atoms with E-state index in [-0.39, 0.29) is 11.0 Å². The van der Waals surface area contributed by atoms with Gasteiger partial charge in [0.05, 0.1) is 16.3 Å². The minimum atomic E-state index is -0.370.